The number of hydrogen-bond acceptors (Lipinski definition) is 3. The maximum atomic E-state index is 9.20. The third-order valence-corrected chi connectivity index (χ3v) is 1.31. The van der Waals surface area contributed by atoms with Gasteiger partial charge in [-0.05, 0) is 20.3 Å². The Hall–Kier alpha value is -0.120. The molecule has 0 heterocycles. The van der Waals surface area contributed by atoms with Crippen molar-refractivity contribution in [2.24, 2.45) is 0 Å². The fraction of sp³-hybridized carbons (Fsp3) is 1.00. The first-order chi connectivity index (χ1) is 5.31. The second kappa shape index (κ2) is 7.98. The normalized spacial score (nSPS) is 13.4. The molecule has 0 aliphatic carbocycles. The summed E-state index contributed by atoms with van der Waals surface area (Å²) in [5.74, 6) is 0. The molecule has 0 aromatic heterocycles. The highest BCUT2D eigenvalue weighted by molar-refractivity contribution is 4.51. The van der Waals surface area contributed by atoms with Gasteiger partial charge in [0.05, 0.1) is 12.7 Å². The van der Waals surface area contributed by atoms with Crippen molar-refractivity contribution in [1.29, 1.82) is 0 Å². The maximum absolute atomic E-state index is 9.20. The van der Waals surface area contributed by atoms with Gasteiger partial charge >= 0.3 is 0 Å². The Balaban J connectivity index is 3.02. The van der Waals surface area contributed by atoms with E-state index in [9.17, 15) is 5.11 Å². The summed E-state index contributed by atoms with van der Waals surface area (Å²) in [5, 5.41) is 9.20. The Bertz CT molecular complexity index is 75.7. The average Bonchev–Trinajstić information content (AvgIpc) is 2.01. The first-order valence-corrected chi connectivity index (χ1v) is 4.14. The van der Waals surface area contributed by atoms with Crippen LogP contribution in [0.25, 0.3) is 0 Å². The summed E-state index contributed by atoms with van der Waals surface area (Å²) in [5.41, 5.74) is 0. The first kappa shape index (κ1) is 10.9. The Labute approximate surface area is 68.3 Å². The van der Waals surface area contributed by atoms with Crippen LogP contribution in [0.1, 0.15) is 20.3 Å². The van der Waals surface area contributed by atoms with E-state index in [0.29, 0.717) is 32.8 Å². The van der Waals surface area contributed by atoms with Crippen LogP contribution in [0.3, 0.4) is 0 Å². The molecule has 1 N–H and O–H groups in total. The molecule has 0 rings (SSSR count). The van der Waals surface area contributed by atoms with Crippen molar-refractivity contribution in [1.82, 2.24) is 0 Å². The smallest absolute Gasteiger partial charge is 0.0795 e. The molecule has 0 radical (unpaired) electrons. The largest absolute Gasteiger partial charge is 0.391 e. The number of ether oxygens (including phenoxy) is 2. The van der Waals surface area contributed by atoms with Crippen molar-refractivity contribution >= 4 is 0 Å². The van der Waals surface area contributed by atoms with Crippen molar-refractivity contribution in [3.05, 3.63) is 0 Å². The van der Waals surface area contributed by atoms with E-state index in [1.165, 1.54) is 0 Å². The third-order valence-electron chi connectivity index (χ3n) is 1.31. The van der Waals surface area contributed by atoms with Gasteiger partial charge in [-0.25, -0.2) is 0 Å². The summed E-state index contributed by atoms with van der Waals surface area (Å²) < 4.78 is 10.1. The topological polar surface area (TPSA) is 38.7 Å². The summed E-state index contributed by atoms with van der Waals surface area (Å²) in [4.78, 5) is 0. The standard InChI is InChI=1S/C8H18O3/c1-3-10-6-5-8(9)7-11-4-2/h8-9H,3-7H2,1-2H3/t8-/m0/s1. The first-order valence-electron chi connectivity index (χ1n) is 4.14. The number of rotatable bonds is 7. The van der Waals surface area contributed by atoms with Gasteiger partial charge in [0.1, 0.15) is 0 Å². The molecule has 0 aliphatic heterocycles. The summed E-state index contributed by atoms with van der Waals surface area (Å²) in [6.45, 7) is 6.26. The molecule has 0 saturated carbocycles. The van der Waals surface area contributed by atoms with E-state index in [-0.39, 0.29) is 6.10 Å². The average molecular weight is 162 g/mol. The lowest BCUT2D eigenvalue weighted by atomic mass is 10.3. The summed E-state index contributed by atoms with van der Waals surface area (Å²) in [6.07, 6.45) is 0.287. The summed E-state index contributed by atoms with van der Waals surface area (Å²) >= 11 is 0. The molecular formula is C8H18O3. The van der Waals surface area contributed by atoms with Gasteiger partial charge in [-0.15, -0.1) is 0 Å². The molecule has 0 spiro atoms. The van der Waals surface area contributed by atoms with Crippen LogP contribution in [0.15, 0.2) is 0 Å². The zero-order valence-corrected chi connectivity index (χ0v) is 7.38. The Morgan fingerprint density at radius 1 is 1.18 bits per heavy atom. The lowest BCUT2D eigenvalue weighted by molar-refractivity contribution is 0.0191. The minimum Gasteiger partial charge on any atom is -0.391 e. The Kier molecular flexibility index (Phi) is 7.89. The fourth-order valence-electron chi connectivity index (χ4n) is 0.701. The van der Waals surface area contributed by atoms with E-state index >= 15 is 0 Å². The van der Waals surface area contributed by atoms with E-state index in [1.807, 2.05) is 13.8 Å². The van der Waals surface area contributed by atoms with Crippen molar-refractivity contribution in [2.45, 2.75) is 26.4 Å². The minimum absolute atomic E-state index is 0.374. The zero-order chi connectivity index (χ0) is 8.53. The summed E-state index contributed by atoms with van der Waals surface area (Å²) in [7, 11) is 0. The van der Waals surface area contributed by atoms with Gasteiger partial charge in [0.2, 0.25) is 0 Å². The van der Waals surface area contributed by atoms with Crippen molar-refractivity contribution in [3.63, 3.8) is 0 Å². The monoisotopic (exact) mass is 162 g/mol. The molecule has 11 heavy (non-hydrogen) atoms. The van der Waals surface area contributed by atoms with Gasteiger partial charge in [0.25, 0.3) is 0 Å². The molecule has 0 bridgehead atoms. The lowest BCUT2D eigenvalue weighted by Gasteiger charge is -2.09. The molecule has 0 amide bonds. The van der Waals surface area contributed by atoms with Crippen LogP contribution in [0.5, 0.6) is 0 Å². The fourth-order valence-corrected chi connectivity index (χ4v) is 0.701. The van der Waals surface area contributed by atoms with Crippen LogP contribution in [0, 0.1) is 0 Å². The maximum Gasteiger partial charge on any atom is 0.0795 e. The second-order valence-electron chi connectivity index (χ2n) is 2.30. The van der Waals surface area contributed by atoms with Gasteiger partial charge in [-0.1, -0.05) is 0 Å². The van der Waals surface area contributed by atoms with Crippen LogP contribution in [0.4, 0.5) is 0 Å². The highest BCUT2D eigenvalue weighted by Gasteiger charge is 2.02. The SMILES string of the molecule is CCOCC[C@H](O)COCC. The highest BCUT2D eigenvalue weighted by Crippen LogP contribution is 1.93. The van der Waals surface area contributed by atoms with E-state index in [2.05, 4.69) is 0 Å². The molecule has 1 atom stereocenters. The van der Waals surface area contributed by atoms with Crippen LogP contribution in [-0.4, -0.2) is 37.6 Å². The molecule has 0 unspecified atom stereocenters. The van der Waals surface area contributed by atoms with Crippen molar-refractivity contribution in [3.8, 4) is 0 Å². The lowest BCUT2D eigenvalue weighted by Crippen LogP contribution is -2.17. The van der Waals surface area contributed by atoms with Gasteiger partial charge in [-0.3, -0.25) is 0 Å². The second-order valence-corrected chi connectivity index (χ2v) is 2.30. The Morgan fingerprint density at radius 2 is 1.82 bits per heavy atom. The van der Waals surface area contributed by atoms with Crippen LogP contribution < -0.4 is 0 Å². The van der Waals surface area contributed by atoms with Gasteiger partial charge < -0.3 is 14.6 Å². The molecule has 3 heteroatoms. The van der Waals surface area contributed by atoms with Gasteiger partial charge in [0.15, 0.2) is 0 Å². The minimum atomic E-state index is -0.374. The van der Waals surface area contributed by atoms with E-state index in [4.69, 9.17) is 9.47 Å². The zero-order valence-electron chi connectivity index (χ0n) is 7.38. The van der Waals surface area contributed by atoms with Gasteiger partial charge in [0, 0.05) is 19.8 Å². The molecule has 3 nitrogen and oxygen atoms in total. The molecule has 68 valence electrons. The van der Waals surface area contributed by atoms with E-state index < -0.39 is 0 Å². The summed E-state index contributed by atoms with van der Waals surface area (Å²) in [6, 6.07) is 0. The number of hydrogen-bond donors (Lipinski definition) is 1. The van der Waals surface area contributed by atoms with Crippen LogP contribution in [-0.2, 0) is 9.47 Å². The molecular weight excluding hydrogens is 144 g/mol. The number of aliphatic hydroxyl groups excluding tert-OH is 1. The van der Waals surface area contributed by atoms with Crippen molar-refractivity contribution < 1.29 is 14.6 Å². The molecule has 0 aromatic carbocycles. The predicted molar refractivity (Wildman–Crippen MR) is 43.6 cm³/mol. The Morgan fingerprint density at radius 3 is 2.36 bits per heavy atom. The third kappa shape index (κ3) is 7.78. The highest BCUT2D eigenvalue weighted by atomic mass is 16.5. The molecule has 0 aromatic rings. The van der Waals surface area contributed by atoms with Gasteiger partial charge in [-0.2, -0.15) is 0 Å². The van der Waals surface area contributed by atoms with E-state index in [0.717, 1.165) is 0 Å². The van der Waals surface area contributed by atoms with Crippen LogP contribution >= 0.6 is 0 Å². The van der Waals surface area contributed by atoms with Crippen LogP contribution in [0.2, 0.25) is 0 Å². The van der Waals surface area contributed by atoms with Crippen molar-refractivity contribution in [2.75, 3.05) is 26.4 Å². The molecule has 0 aliphatic rings. The quantitative estimate of drug-likeness (QED) is 0.563. The van der Waals surface area contributed by atoms with E-state index in [1.54, 1.807) is 0 Å². The number of aliphatic hydroxyl groups is 1. The predicted octanol–water partition coefficient (Wildman–Crippen LogP) is 0.810. The molecule has 0 saturated heterocycles. The molecule has 0 fully saturated rings.